The van der Waals surface area contributed by atoms with Gasteiger partial charge in [-0.1, -0.05) is 25.5 Å². The van der Waals surface area contributed by atoms with Crippen molar-refractivity contribution in [1.29, 1.82) is 0 Å². The van der Waals surface area contributed by atoms with Crippen LogP contribution in [0.15, 0.2) is 42.1 Å². The molecule has 33 heavy (non-hydrogen) atoms. The minimum absolute atomic E-state index is 0.0614. The molecule has 178 valence electrons. The predicted octanol–water partition coefficient (Wildman–Crippen LogP) is 3.34. The van der Waals surface area contributed by atoms with Crippen LogP contribution in [0.25, 0.3) is 6.08 Å². The first-order valence-electron chi connectivity index (χ1n) is 10.7. The summed E-state index contributed by atoms with van der Waals surface area (Å²) in [5.74, 6) is 1.50. The molecule has 0 radical (unpaired) electrons. The van der Waals surface area contributed by atoms with Gasteiger partial charge in [0.15, 0.2) is 23.0 Å². The lowest BCUT2D eigenvalue weighted by atomic mass is 10.1. The normalized spacial score (nSPS) is 10.9. The summed E-state index contributed by atoms with van der Waals surface area (Å²) in [6, 6.07) is 10.5. The van der Waals surface area contributed by atoms with Gasteiger partial charge in [0.05, 0.1) is 34.9 Å². The van der Waals surface area contributed by atoms with Crippen LogP contribution in [0.2, 0.25) is 0 Å². The van der Waals surface area contributed by atoms with E-state index in [0.717, 1.165) is 18.4 Å². The van der Waals surface area contributed by atoms with Crippen molar-refractivity contribution in [3.05, 3.63) is 53.2 Å². The molecule has 0 bridgehead atoms. The molecule has 0 unspecified atom stereocenters. The summed E-state index contributed by atoms with van der Waals surface area (Å²) in [7, 11) is 6.17. The van der Waals surface area contributed by atoms with Gasteiger partial charge >= 0.3 is 0 Å². The maximum Gasteiger partial charge on any atom is 0.267 e. The highest BCUT2D eigenvalue weighted by Gasteiger charge is 2.15. The van der Waals surface area contributed by atoms with Crippen LogP contribution < -0.4 is 29.6 Å². The van der Waals surface area contributed by atoms with Gasteiger partial charge in [0.2, 0.25) is 5.91 Å². The van der Waals surface area contributed by atoms with E-state index in [0.29, 0.717) is 35.1 Å². The maximum atomic E-state index is 12.8. The van der Waals surface area contributed by atoms with Crippen molar-refractivity contribution in [3.63, 3.8) is 0 Å². The van der Waals surface area contributed by atoms with Crippen molar-refractivity contribution in [2.24, 2.45) is 0 Å². The van der Waals surface area contributed by atoms with Crippen LogP contribution in [0.1, 0.15) is 30.9 Å². The third kappa shape index (κ3) is 7.45. The Bertz CT molecular complexity index is 987. The fourth-order valence-electron chi connectivity index (χ4n) is 3.11. The number of benzene rings is 2. The Morgan fingerprint density at radius 2 is 1.45 bits per heavy atom. The maximum absolute atomic E-state index is 12.8. The quantitative estimate of drug-likeness (QED) is 0.376. The lowest BCUT2D eigenvalue weighted by Gasteiger charge is -2.13. The molecule has 2 rings (SSSR count). The standard InChI is InChI=1S/C25H32N2O6/c1-6-7-12-26-25(29)19(13-17-8-10-20(30-2)22(14-17)32-4)27-24(28)16-18-9-11-21(31-3)23(15-18)33-5/h8-11,13-15H,6-7,12,16H2,1-5H3,(H,26,29)(H,27,28)/b19-13+. The molecular weight excluding hydrogens is 424 g/mol. The molecule has 2 aromatic rings. The van der Waals surface area contributed by atoms with Gasteiger partial charge in [-0.25, -0.2) is 0 Å². The van der Waals surface area contributed by atoms with Crippen LogP contribution in [0.4, 0.5) is 0 Å². The molecular formula is C25H32N2O6. The van der Waals surface area contributed by atoms with Gasteiger partial charge in [-0.2, -0.15) is 0 Å². The second-order valence-electron chi connectivity index (χ2n) is 7.20. The fourth-order valence-corrected chi connectivity index (χ4v) is 3.11. The number of amides is 2. The van der Waals surface area contributed by atoms with E-state index in [1.165, 1.54) is 14.2 Å². The molecule has 0 aliphatic carbocycles. The Balaban J connectivity index is 2.26. The summed E-state index contributed by atoms with van der Waals surface area (Å²) in [6.45, 7) is 2.56. The number of hydrogen-bond acceptors (Lipinski definition) is 6. The Morgan fingerprint density at radius 3 is 2.06 bits per heavy atom. The molecule has 8 nitrogen and oxygen atoms in total. The molecule has 0 saturated heterocycles. The van der Waals surface area contributed by atoms with Gasteiger partial charge in [0, 0.05) is 6.54 Å². The number of unbranched alkanes of at least 4 members (excludes halogenated alkanes) is 1. The smallest absolute Gasteiger partial charge is 0.267 e. The fraction of sp³-hybridized carbons (Fsp3) is 0.360. The highest BCUT2D eigenvalue weighted by atomic mass is 16.5. The zero-order valence-electron chi connectivity index (χ0n) is 19.8. The number of methoxy groups -OCH3 is 4. The molecule has 0 fully saturated rings. The van der Waals surface area contributed by atoms with Gasteiger partial charge in [-0.05, 0) is 47.9 Å². The van der Waals surface area contributed by atoms with E-state index in [1.807, 2.05) is 6.92 Å². The monoisotopic (exact) mass is 456 g/mol. The molecule has 8 heteroatoms. The molecule has 0 spiro atoms. The second kappa shape index (κ2) is 13.0. The average Bonchev–Trinajstić information content (AvgIpc) is 2.83. The van der Waals surface area contributed by atoms with Crippen LogP contribution in [0, 0.1) is 0 Å². The molecule has 0 aliphatic heterocycles. The molecule has 2 amide bonds. The number of carbonyl (C=O) groups excluding carboxylic acids is 2. The molecule has 2 aromatic carbocycles. The number of carbonyl (C=O) groups is 2. The van der Waals surface area contributed by atoms with E-state index in [9.17, 15) is 9.59 Å². The lowest BCUT2D eigenvalue weighted by Crippen LogP contribution is -2.35. The first kappa shape index (κ1) is 25.6. The first-order valence-corrected chi connectivity index (χ1v) is 10.7. The van der Waals surface area contributed by atoms with Crippen LogP contribution in [-0.2, 0) is 16.0 Å². The molecule has 0 heterocycles. The minimum atomic E-state index is -0.362. The van der Waals surface area contributed by atoms with E-state index in [4.69, 9.17) is 18.9 Å². The summed E-state index contributed by atoms with van der Waals surface area (Å²) in [6.07, 6.45) is 3.46. The van der Waals surface area contributed by atoms with E-state index < -0.39 is 0 Å². The highest BCUT2D eigenvalue weighted by molar-refractivity contribution is 6.01. The average molecular weight is 457 g/mol. The van der Waals surface area contributed by atoms with E-state index in [2.05, 4.69) is 10.6 Å². The highest BCUT2D eigenvalue weighted by Crippen LogP contribution is 2.29. The number of nitrogens with one attached hydrogen (secondary N) is 2. The minimum Gasteiger partial charge on any atom is -0.493 e. The molecule has 0 aliphatic rings. The van der Waals surface area contributed by atoms with Gasteiger partial charge in [0.1, 0.15) is 5.70 Å². The zero-order chi connectivity index (χ0) is 24.2. The van der Waals surface area contributed by atoms with Crippen molar-refractivity contribution in [2.45, 2.75) is 26.2 Å². The van der Waals surface area contributed by atoms with Crippen molar-refractivity contribution >= 4 is 17.9 Å². The summed E-state index contributed by atoms with van der Waals surface area (Å²) in [5, 5.41) is 5.58. The van der Waals surface area contributed by atoms with Gasteiger partial charge in [-0.3, -0.25) is 9.59 Å². The Hall–Kier alpha value is -3.68. The molecule has 0 atom stereocenters. The van der Waals surface area contributed by atoms with Crippen LogP contribution >= 0.6 is 0 Å². The summed E-state index contributed by atoms with van der Waals surface area (Å²) in [5.41, 5.74) is 1.55. The predicted molar refractivity (Wildman–Crippen MR) is 127 cm³/mol. The SMILES string of the molecule is CCCCNC(=O)/C(=C\c1ccc(OC)c(OC)c1)NC(=O)Cc1ccc(OC)c(OC)c1. The number of rotatable bonds is 12. The van der Waals surface area contributed by atoms with Crippen LogP contribution in [0.3, 0.4) is 0 Å². The van der Waals surface area contributed by atoms with Gasteiger partial charge in [0.25, 0.3) is 5.91 Å². The summed E-state index contributed by atoms with van der Waals surface area (Å²) in [4.78, 5) is 25.6. The third-order valence-corrected chi connectivity index (χ3v) is 4.87. The third-order valence-electron chi connectivity index (χ3n) is 4.87. The van der Waals surface area contributed by atoms with Crippen molar-refractivity contribution in [1.82, 2.24) is 10.6 Å². The van der Waals surface area contributed by atoms with Crippen LogP contribution in [-0.4, -0.2) is 46.8 Å². The van der Waals surface area contributed by atoms with Crippen LogP contribution in [0.5, 0.6) is 23.0 Å². The van der Waals surface area contributed by atoms with Crippen molar-refractivity contribution in [3.8, 4) is 23.0 Å². The first-order chi connectivity index (χ1) is 15.9. The van der Waals surface area contributed by atoms with E-state index >= 15 is 0 Å². The Labute approximate surface area is 194 Å². The Morgan fingerprint density at radius 1 is 0.848 bits per heavy atom. The van der Waals surface area contributed by atoms with E-state index in [-0.39, 0.29) is 23.9 Å². The summed E-state index contributed by atoms with van der Waals surface area (Å²) < 4.78 is 21.1. The molecule has 2 N–H and O–H groups in total. The largest absolute Gasteiger partial charge is 0.493 e. The summed E-state index contributed by atoms with van der Waals surface area (Å²) >= 11 is 0. The number of ether oxygens (including phenoxy) is 4. The lowest BCUT2D eigenvalue weighted by molar-refractivity contribution is -0.123. The number of hydrogen-bond donors (Lipinski definition) is 2. The zero-order valence-corrected chi connectivity index (χ0v) is 19.8. The topological polar surface area (TPSA) is 95.1 Å². The molecule has 0 saturated carbocycles. The van der Waals surface area contributed by atoms with Crippen molar-refractivity contribution in [2.75, 3.05) is 35.0 Å². The van der Waals surface area contributed by atoms with Gasteiger partial charge in [-0.15, -0.1) is 0 Å². The second-order valence-corrected chi connectivity index (χ2v) is 7.20. The molecule has 0 aromatic heterocycles. The van der Waals surface area contributed by atoms with Gasteiger partial charge < -0.3 is 29.6 Å². The Kier molecular flexibility index (Phi) is 10.1. The van der Waals surface area contributed by atoms with E-state index in [1.54, 1.807) is 56.7 Å². The van der Waals surface area contributed by atoms with Crippen molar-refractivity contribution < 1.29 is 28.5 Å².